The third-order valence-corrected chi connectivity index (χ3v) is 3.41. The number of hydrogen-bond acceptors (Lipinski definition) is 3. The molecule has 98 valence electrons. The van der Waals surface area contributed by atoms with Crippen LogP contribution in [0.2, 0.25) is 0 Å². The smallest absolute Gasteiger partial charge is 0.243 e. The average Bonchev–Trinajstić information content (AvgIpc) is 2.83. The van der Waals surface area contributed by atoms with Crippen molar-refractivity contribution >= 4 is 11.6 Å². The lowest BCUT2D eigenvalue weighted by Crippen LogP contribution is -2.29. The van der Waals surface area contributed by atoms with Crippen molar-refractivity contribution in [2.45, 2.75) is 46.0 Å². The molecule has 1 aliphatic rings. The zero-order chi connectivity index (χ0) is 13.0. The van der Waals surface area contributed by atoms with E-state index in [0.717, 1.165) is 31.4 Å². The van der Waals surface area contributed by atoms with Gasteiger partial charge in [-0.15, -0.1) is 0 Å². The summed E-state index contributed by atoms with van der Waals surface area (Å²) in [4.78, 5) is 11.9. The lowest BCUT2D eigenvalue weighted by molar-refractivity contribution is -0.125. The second-order valence-corrected chi connectivity index (χ2v) is 4.92. The Morgan fingerprint density at radius 2 is 2.06 bits per heavy atom. The van der Waals surface area contributed by atoms with Crippen molar-refractivity contribution in [3.05, 3.63) is 23.7 Å². The fourth-order valence-electron chi connectivity index (χ4n) is 2.28. The molecule has 0 unspecified atom stereocenters. The van der Waals surface area contributed by atoms with Crippen LogP contribution in [-0.2, 0) is 4.79 Å². The molecular formula is C14H20N2O2. The number of hydrogen-bond donors (Lipinski definition) is 1. The Hall–Kier alpha value is -1.58. The molecule has 2 rings (SSSR count). The van der Waals surface area contributed by atoms with Crippen LogP contribution in [0.5, 0.6) is 0 Å². The maximum Gasteiger partial charge on any atom is 0.243 e. The molecule has 0 radical (unpaired) electrons. The quantitative estimate of drug-likeness (QED) is 0.660. The van der Waals surface area contributed by atoms with Crippen LogP contribution in [0.15, 0.2) is 21.7 Å². The van der Waals surface area contributed by atoms with E-state index in [9.17, 15) is 4.79 Å². The first-order valence-corrected chi connectivity index (χ1v) is 6.58. The molecule has 1 heterocycles. The standard InChI is InChI=1S/C14H20N2O2/c1-10-8-9-13(18-10)11(2)15-16-14(17)12-6-4-3-5-7-12/h8-9,12H,3-7H2,1-2H3,(H,16,17)/b15-11-. The predicted molar refractivity (Wildman–Crippen MR) is 70.4 cm³/mol. The molecule has 0 aliphatic heterocycles. The summed E-state index contributed by atoms with van der Waals surface area (Å²) in [5, 5.41) is 4.11. The Labute approximate surface area is 107 Å². The molecule has 0 spiro atoms. The zero-order valence-electron chi connectivity index (χ0n) is 11.0. The number of nitrogens with one attached hydrogen (secondary N) is 1. The van der Waals surface area contributed by atoms with Gasteiger partial charge in [-0.3, -0.25) is 4.79 Å². The molecule has 4 heteroatoms. The number of hydrazone groups is 1. The van der Waals surface area contributed by atoms with E-state index >= 15 is 0 Å². The van der Waals surface area contributed by atoms with Crippen molar-refractivity contribution in [2.24, 2.45) is 11.0 Å². The zero-order valence-corrected chi connectivity index (χ0v) is 11.0. The molecule has 0 aromatic carbocycles. The summed E-state index contributed by atoms with van der Waals surface area (Å²) in [6, 6.07) is 3.75. The van der Waals surface area contributed by atoms with E-state index in [2.05, 4.69) is 10.5 Å². The molecule has 0 bridgehead atoms. The number of carbonyl (C=O) groups is 1. The molecule has 1 amide bonds. The number of rotatable bonds is 3. The minimum atomic E-state index is 0.0392. The van der Waals surface area contributed by atoms with Crippen molar-refractivity contribution in [1.29, 1.82) is 0 Å². The highest BCUT2D eigenvalue weighted by molar-refractivity contribution is 5.97. The van der Waals surface area contributed by atoms with Gasteiger partial charge in [0.2, 0.25) is 5.91 Å². The Morgan fingerprint density at radius 3 is 2.67 bits per heavy atom. The Bertz CT molecular complexity index is 442. The van der Waals surface area contributed by atoms with Gasteiger partial charge in [-0.1, -0.05) is 19.3 Å². The molecule has 18 heavy (non-hydrogen) atoms. The molecule has 1 N–H and O–H groups in total. The molecular weight excluding hydrogens is 228 g/mol. The van der Waals surface area contributed by atoms with Crippen LogP contribution in [0.25, 0.3) is 0 Å². The lowest BCUT2D eigenvalue weighted by atomic mass is 9.89. The van der Waals surface area contributed by atoms with Gasteiger partial charge in [0.25, 0.3) is 0 Å². The number of nitrogens with zero attached hydrogens (tertiary/aromatic N) is 1. The minimum absolute atomic E-state index is 0.0392. The lowest BCUT2D eigenvalue weighted by Gasteiger charge is -2.19. The van der Waals surface area contributed by atoms with Crippen LogP contribution in [-0.4, -0.2) is 11.6 Å². The van der Waals surface area contributed by atoms with Crippen molar-refractivity contribution in [1.82, 2.24) is 5.43 Å². The third-order valence-electron chi connectivity index (χ3n) is 3.41. The first kappa shape index (κ1) is 12.9. The molecule has 1 saturated carbocycles. The fourth-order valence-corrected chi connectivity index (χ4v) is 2.28. The van der Waals surface area contributed by atoms with Crippen molar-refractivity contribution in [3.8, 4) is 0 Å². The Kier molecular flexibility index (Phi) is 4.18. The van der Waals surface area contributed by atoms with Crippen molar-refractivity contribution < 1.29 is 9.21 Å². The van der Waals surface area contributed by atoms with Gasteiger partial charge in [0.15, 0.2) is 0 Å². The highest BCUT2D eigenvalue weighted by Gasteiger charge is 2.20. The Morgan fingerprint density at radius 1 is 1.33 bits per heavy atom. The van der Waals surface area contributed by atoms with E-state index in [1.165, 1.54) is 6.42 Å². The van der Waals surface area contributed by atoms with Gasteiger partial charge in [0.1, 0.15) is 17.2 Å². The largest absolute Gasteiger partial charge is 0.460 e. The van der Waals surface area contributed by atoms with Gasteiger partial charge in [0.05, 0.1) is 0 Å². The topological polar surface area (TPSA) is 54.6 Å². The summed E-state index contributed by atoms with van der Waals surface area (Å²) in [5.41, 5.74) is 3.35. The first-order valence-electron chi connectivity index (χ1n) is 6.58. The van der Waals surface area contributed by atoms with Crippen LogP contribution in [0.1, 0.15) is 50.5 Å². The SMILES string of the molecule is C/C(=N/NC(=O)C1CCCCC1)c1ccc(C)o1. The molecule has 1 aromatic heterocycles. The van der Waals surface area contributed by atoms with Gasteiger partial charge in [0, 0.05) is 5.92 Å². The number of amides is 1. The van der Waals surface area contributed by atoms with E-state index < -0.39 is 0 Å². The summed E-state index contributed by atoms with van der Waals surface area (Å²) in [6.45, 7) is 3.72. The average molecular weight is 248 g/mol. The van der Waals surface area contributed by atoms with Gasteiger partial charge in [-0.05, 0) is 38.8 Å². The number of carbonyl (C=O) groups excluding carboxylic acids is 1. The molecule has 0 atom stereocenters. The van der Waals surface area contributed by atoms with E-state index in [1.54, 1.807) is 0 Å². The number of aryl methyl sites for hydroxylation is 1. The van der Waals surface area contributed by atoms with Gasteiger partial charge in [-0.2, -0.15) is 5.10 Å². The summed E-state index contributed by atoms with van der Waals surface area (Å²) >= 11 is 0. The summed E-state index contributed by atoms with van der Waals surface area (Å²) in [7, 11) is 0. The molecule has 1 aliphatic carbocycles. The van der Waals surface area contributed by atoms with Crippen LogP contribution in [0.4, 0.5) is 0 Å². The highest BCUT2D eigenvalue weighted by atomic mass is 16.3. The summed E-state index contributed by atoms with van der Waals surface area (Å²) in [6.07, 6.45) is 5.52. The monoisotopic (exact) mass is 248 g/mol. The maximum atomic E-state index is 11.9. The van der Waals surface area contributed by atoms with Crippen molar-refractivity contribution in [3.63, 3.8) is 0 Å². The van der Waals surface area contributed by atoms with Crippen LogP contribution >= 0.6 is 0 Å². The van der Waals surface area contributed by atoms with Crippen LogP contribution < -0.4 is 5.43 Å². The maximum absolute atomic E-state index is 11.9. The summed E-state index contributed by atoms with van der Waals surface area (Å²) < 4.78 is 5.44. The van der Waals surface area contributed by atoms with Crippen LogP contribution in [0.3, 0.4) is 0 Å². The second-order valence-electron chi connectivity index (χ2n) is 4.92. The molecule has 1 aromatic rings. The van der Waals surface area contributed by atoms with E-state index in [-0.39, 0.29) is 11.8 Å². The molecule has 1 fully saturated rings. The summed E-state index contributed by atoms with van der Waals surface area (Å²) in [5.74, 6) is 1.72. The van der Waals surface area contributed by atoms with Gasteiger partial charge in [-0.25, -0.2) is 5.43 Å². The van der Waals surface area contributed by atoms with Gasteiger partial charge < -0.3 is 4.42 Å². The predicted octanol–water partition coefficient (Wildman–Crippen LogP) is 3.01. The van der Waals surface area contributed by atoms with Gasteiger partial charge >= 0.3 is 0 Å². The second kappa shape index (κ2) is 5.85. The van der Waals surface area contributed by atoms with E-state index in [0.29, 0.717) is 11.5 Å². The van der Waals surface area contributed by atoms with Crippen LogP contribution in [0, 0.1) is 12.8 Å². The van der Waals surface area contributed by atoms with E-state index in [4.69, 9.17) is 4.42 Å². The normalized spacial score (nSPS) is 17.8. The molecule has 4 nitrogen and oxygen atoms in total. The first-order chi connectivity index (χ1) is 8.66. The fraction of sp³-hybridized carbons (Fsp3) is 0.571. The Balaban J connectivity index is 1.91. The highest BCUT2D eigenvalue weighted by Crippen LogP contribution is 2.23. The minimum Gasteiger partial charge on any atom is -0.460 e. The third kappa shape index (κ3) is 3.22. The number of furan rings is 1. The van der Waals surface area contributed by atoms with Crippen molar-refractivity contribution in [2.75, 3.05) is 0 Å². The van der Waals surface area contributed by atoms with E-state index in [1.807, 2.05) is 26.0 Å². The molecule has 0 saturated heterocycles.